The topological polar surface area (TPSA) is 105 Å². The van der Waals surface area contributed by atoms with E-state index in [0.717, 1.165) is 6.42 Å². The van der Waals surface area contributed by atoms with Crippen molar-refractivity contribution in [3.8, 4) is 0 Å². The maximum atomic E-state index is 12.5. The molecule has 114 valence electrons. The lowest BCUT2D eigenvalue weighted by atomic mass is 10.1. The molecule has 1 atom stereocenters. The average molecular weight is 293 g/mol. The van der Waals surface area contributed by atoms with Gasteiger partial charge in [-0.2, -0.15) is 0 Å². The molecule has 8 nitrogen and oxygen atoms in total. The van der Waals surface area contributed by atoms with Gasteiger partial charge in [0.15, 0.2) is 0 Å². The van der Waals surface area contributed by atoms with E-state index in [4.69, 9.17) is 5.84 Å². The monoisotopic (exact) mass is 293 g/mol. The summed E-state index contributed by atoms with van der Waals surface area (Å²) in [6.07, 6.45) is 0.862. The number of nitro groups is 1. The Hall–Kier alpha value is -2.19. The van der Waals surface area contributed by atoms with Crippen molar-refractivity contribution in [3.05, 3.63) is 33.9 Å². The van der Waals surface area contributed by atoms with Gasteiger partial charge >= 0.3 is 5.69 Å². The van der Waals surface area contributed by atoms with E-state index in [1.54, 1.807) is 11.0 Å². The Labute approximate surface area is 122 Å². The Morgan fingerprint density at radius 2 is 2.24 bits per heavy atom. The zero-order valence-corrected chi connectivity index (χ0v) is 12.1. The molecule has 0 radical (unpaired) electrons. The average Bonchev–Trinajstić information content (AvgIpc) is 2.95. The molecule has 1 saturated heterocycles. The number of nitrogens with two attached hydrogens (primary N) is 1. The zero-order chi connectivity index (χ0) is 15.6. The van der Waals surface area contributed by atoms with Crippen LogP contribution in [-0.2, 0) is 0 Å². The van der Waals surface area contributed by atoms with Gasteiger partial charge in [-0.3, -0.25) is 20.8 Å². The summed E-state index contributed by atoms with van der Waals surface area (Å²) in [5.74, 6) is 4.96. The predicted molar refractivity (Wildman–Crippen MR) is 78.9 cm³/mol. The van der Waals surface area contributed by atoms with Gasteiger partial charge < -0.3 is 15.2 Å². The molecule has 8 heteroatoms. The van der Waals surface area contributed by atoms with E-state index in [0.29, 0.717) is 13.1 Å². The minimum Gasteiger partial charge on any atom is -0.337 e. The summed E-state index contributed by atoms with van der Waals surface area (Å²) in [4.78, 5) is 26.9. The highest BCUT2D eigenvalue weighted by atomic mass is 16.6. The molecule has 1 aliphatic heterocycles. The molecule has 2 rings (SSSR count). The van der Waals surface area contributed by atoms with Crippen molar-refractivity contribution in [2.45, 2.75) is 12.5 Å². The number of hydrazine groups is 1. The number of likely N-dealkylation sites (N-methyl/N-ethyl adjacent to an activating group) is 1. The molecule has 1 unspecified atom stereocenters. The Morgan fingerprint density at radius 1 is 1.52 bits per heavy atom. The van der Waals surface area contributed by atoms with Crippen molar-refractivity contribution >= 4 is 17.3 Å². The van der Waals surface area contributed by atoms with Crippen LogP contribution in [0.5, 0.6) is 0 Å². The minimum absolute atomic E-state index is 0.0647. The van der Waals surface area contributed by atoms with Crippen LogP contribution in [0.2, 0.25) is 0 Å². The SMILES string of the molecule is CN(C)C1CCN(C(=O)c2cccc(NN)c2[N+](=O)[O-])C1. The summed E-state index contributed by atoms with van der Waals surface area (Å²) in [6.45, 7) is 1.17. The van der Waals surface area contributed by atoms with E-state index >= 15 is 0 Å². The first kappa shape index (κ1) is 15.2. The van der Waals surface area contributed by atoms with Crippen LogP contribution in [0.3, 0.4) is 0 Å². The van der Waals surface area contributed by atoms with Gasteiger partial charge in [-0.1, -0.05) is 6.07 Å². The number of anilines is 1. The molecule has 1 fully saturated rings. The number of nitrogens with zero attached hydrogens (tertiary/aromatic N) is 3. The molecule has 1 aromatic carbocycles. The second kappa shape index (κ2) is 6.06. The van der Waals surface area contributed by atoms with Gasteiger partial charge in [0.1, 0.15) is 11.3 Å². The Balaban J connectivity index is 2.30. The van der Waals surface area contributed by atoms with Crippen LogP contribution in [0.15, 0.2) is 18.2 Å². The molecule has 1 heterocycles. The first-order valence-electron chi connectivity index (χ1n) is 6.65. The largest absolute Gasteiger partial charge is 0.337 e. The van der Waals surface area contributed by atoms with Crippen LogP contribution in [0.4, 0.5) is 11.4 Å². The zero-order valence-electron chi connectivity index (χ0n) is 12.1. The van der Waals surface area contributed by atoms with Gasteiger partial charge in [-0.15, -0.1) is 0 Å². The van der Waals surface area contributed by atoms with Gasteiger partial charge in [0.2, 0.25) is 0 Å². The number of likely N-dealkylation sites (tertiary alicyclic amines) is 1. The van der Waals surface area contributed by atoms with E-state index in [9.17, 15) is 14.9 Å². The van der Waals surface area contributed by atoms with Crippen molar-refractivity contribution in [3.63, 3.8) is 0 Å². The van der Waals surface area contributed by atoms with E-state index in [2.05, 4.69) is 10.3 Å². The summed E-state index contributed by atoms with van der Waals surface area (Å²) in [6, 6.07) is 4.80. The maximum absolute atomic E-state index is 12.5. The maximum Gasteiger partial charge on any atom is 0.306 e. The quantitative estimate of drug-likeness (QED) is 0.480. The van der Waals surface area contributed by atoms with Crippen LogP contribution in [-0.4, -0.2) is 53.9 Å². The number of amides is 1. The van der Waals surface area contributed by atoms with Gasteiger partial charge in [0, 0.05) is 19.1 Å². The van der Waals surface area contributed by atoms with Crippen molar-refractivity contribution < 1.29 is 9.72 Å². The fourth-order valence-electron chi connectivity index (χ4n) is 2.55. The highest BCUT2D eigenvalue weighted by Gasteiger charge is 2.32. The van der Waals surface area contributed by atoms with Crippen molar-refractivity contribution in [2.24, 2.45) is 5.84 Å². The predicted octanol–water partition coefficient (Wildman–Crippen LogP) is 0.657. The van der Waals surface area contributed by atoms with Crippen LogP contribution in [0.25, 0.3) is 0 Å². The molecule has 0 aliphatic carbocycles. The van der Waals surface area contributed by atoms with Gasteiger partial charge in [-0.05, 0) is 32.6 Å². The van der Waals surface area contributed by atoms with Gasteiger partial charge in [0.05, 0.1) is 4.92 Å². The number of hydrogen-bond acceptors (Lipinski definition) is 6. The molecular weight excluding hydrogens is 274 g/mol. The smallest absolute Gasteiger partial charge is 0.306 e. The molecule has 1 amide bonds. The van der Waals surface area contributed by atoms with E-state index in [-0.39, 0.29) is 28.9 Å². The number of carbonyl (C=O) groups excluding carboxylic acids is 1. The number of nitro benzene ring substituents is 1. The lowest BCUT2D eigenvalue weighted by Gasteiger charge is -2.20. The van der Waals surface area contributed by atoms with Gasteiger partial charge in [0.25, 0.3) is 5.91 Å². The summed E-state index contributed by atoms with van der Waals surface area (Å²) < 4.78 is 0. The summed E-state index contributed by atoms with van der Waals surface area (Å²) in [5.41, 5.74) is 2.19. The number of hydrogen-bond donors (Lipinski definition) is 2. The third-order valence-electron chi connectivity index (χ3n) is 3.79. The van der Waals surface area contributed by atoms with E-state index < -0.39 is 4.92 Å². The Kier molecular flexibility index (Phi) is 4.39. The number of carbonyl (C=O) groups is 1. The standard InChI is InChI=1S/C13H19N5O3/c1-16(2)9-6-7-17(8-9)13(19)10-4-3-5-11(15-14)12(10)18(20)21/h3-5,9,15H,6-8,14H2,1-2H3. The normalized spacial score (nSPS) is 18.1. The molecule has 0 aromatic heterocycles. The lowest BCUT2D eigenvalue weighted by Crippen LogP contribution is -2.34. The second-order valence-corrected chi connectivity index (χ2v) is 5.26. The summed E-state index contributed by atoms with van der Waals surface area (Å²) >= 11 is 0. The third-order valence-corrected chi connectivity index (χ3v) is 3.79. The van der Waals surface area contributed by atoms with E-state index in [1.165, 1.54) is 12.1 Å². The van der Waals surface area contributed by atoms with Crippen LogP contribution in [0.1, 0.15) is 16.8 Å². The number of nitrogen functional groups attached to an aromatic ring is 1. The van der Waals surface area contributed by atoms with Crippen LogP contribution >= 0.6 is 0 Å². The van der Waals surface area contributed by atoms with Gasteiger partial charge in [-0.25, -0.2) is 0 Å². The summed E-state index contributed by atoms with van der Waals surface area (Å²) in [7, 11) is 3.92. The molecule has 0 bridgehead atoms. The third kappa shape index (κ3) is 2.96. The molecule has 0 spiro atoms. The molecule has 3 N–H and O–H groups in total. The van der Waals surface area contributed by atoms with Crippen LogP contribution in [0, 0.1) is 10.1 Å². The van der Waals surface area contributed by atoms with Crippen molar-refractivity contribution in [2.75, 3.05) is 32.6 Å². The number of benzene rings is 1. The lowest BCUT2D eigenvalue weighted by molar-refractivity contribution is -0.384. The Bertz CT molecular complexity index is 561. The number of para-hydroxylation sites is 1. The van der Waals surface area contributed by atoms with Crippen molar-refractivity contribution in [1.82, 2.24) is 9.80 Å². The number of nitrogens with one attached hydrogen (secondary N) is 1. The highest BCUT2D eigenvalue weighted by Crippen LogP contribution is 2.29. The highest BCUT2D eigenvalue weighted by molar-refractivity contribution is 6.00. The molecule has 1 aromatic rings. The van der Waals surface area contributed by atoms with Crippen LogP contribution < -0.4 is 11.3 Å². The number of rotatable bonds is 4. The Morgan fingerprint density at radius 3 is 2.76 bits per heavy atom. The van der Waals surface area contributed by atoms with Crippen molar-refractivity contribution in [1.29, 1.82) is 0 Å². The molecule has 0 saturated carbocycles. The molecule has 1 aliphatic rings. The summed E-state index contributed by atoms with van der Waals surface area (Å²) in [5, 5.41) is 11.2. The minimum atomic E-state index is -0.581. The van der Waals surface area contributed by atoms with E-state index in [1.807, 2.05) is 14.1 Å². The first-order valence-corrected chi connectivity index (χ1v) is 6.65. The molecular formula is C13H19N5O3. The first-order chi connectivity index (χ1) is 9.95. The molecule has 21 heavy (non-hydrogen) atoms. The fourth-order valence-corrected chi connectivity index (χ4v) is 2.55. The second-order valence-electron chi connectivity index (χ2n) is 5.26. The fraction of sp³-hybridized carbons (Fsp3) is 0.462.